The van der Waals surface area contributed by atoms with Crippen molar-refractivity contribution in [3.8, 4) is 11.5 Å². The third-order valence-electron chi connectivity index (χ3n) is 2.61. The Morgan fingerprint density at radius 3 is 2.16 bits per heavy atom. The maximum atomic E-state index is 12.0. The predicted molar refractivity (Wildman–Crippen MR) is 76.8 cm³/mol. The highest BCUT2D eigenvalue weighted by Gasteiger charge is 2.15. The fraction of sp³-hybridized carbons (Fsp3) is 0.0714. The van der Waals surface area contributed by atoms with Crippen molar-refractivity contribution in [1.29, 1.82) is 0 Å². The van der Waals surface area contributed by atoms with Crippen LogP contribution in [-0.4, -0.2) is 16.1 Å². The predicted octanol–water partition coefficient (Wildman–Crippen LogP) is 3.25. The van der Waals surface area contributed by atoms with Crippen LogP contribution in [0.4, 0.5) is 5.69 Å². The summed E-state index contributed by atoms with van der Waals surface area (Å²) >= 11 is 3.34. The summed E-state index contributed by atoms with van der Waals surface area (Å²) in [5.41, 5.74) is 1.55. The van der Waals surface area contributed by atoms with Gasteiger partial charge in [-0.3, -0.25) is 4.79 Å². The lowest BCUT2D eigenvalue weighted by molar-refractivity contribution is 0.102. The zero-order valence-corrected chi connectivity index (χ0v) is 11.5. The average Bonchev–Trinajstić information content (AvgIpc) is 2.39. The molecule has 0 heterocycles. The van der Waals surface area contributed by atoms with Crippen molar-refractivity contribution in [1.82, 2.24) is 0 Å². The Labute approximate surface area is 118 Å². The lowest BCUT2D eigenvalue weighted by atomic mass is 10.1. The van der Waals surface area contributed by atoms with Crippen LogP contribution >= 0.6 is 15.9 Å². The fourth-order valence-corrected chi connectivity index (χ4v) is 2.01. The van der Waals surface area contributed by atoms with Gasteiger partial charge in [-0.25, -0.2) is 0 Å². The highest BCUT2D eigenvalue weighted by atomic mass is 79.9. The SMILES string of the molecule is O=C(Nc1ccc(CBr)cc1)c1c(O)cccc1O. The molecule has 0 bridgehead atoms. The average molecular weight is 322 g/mol. The summed E-state index contributed by atoms with van der Waals surface area (Å²) in [5.74, 6) is -1.06. The molecule has 0 aromatic heterocycles. The summed E-state index contributed by atoms with van der Waals surface area (Å²) in [6.45, 7) is 0. The first-order chi connectivity index (χ1) is 9.11. The van der Waals surface area contributed by atoms with E-state index in [1.54, 1.807) is 12.1 Å². The first-order valence-electron chi connectivity index (χ1n) is 5.59. The number of alkyl halides is 1. The van der Waals surface area contributed by atoms with Crippen LogP contribution in [0.25, 0.3) is 0 Å². The van der Waals surface area contributed by atoms with Crippen molar-refractivity contribution < 1.29 is 15.0 Å². The second-order valence-electron chi connectivity index (χ2n) is 3.96. The van der Waals surface area contributed by atoms with Crippen LogP contribution in [0.1, 0.15) is 15.9 Å². The van der Waals surface area contributed by atoms with Crippen LogP contribution in [0, 0.1) is 0 Å². The van der Waals surface area contributed by atoms with Crippen molar-refractivity contribution in [3.05, 3.63) is 53.6 Å². The smallest absolute Gasteiger partial charge is 0.263 e. The zero-order valence-electron chi connectivity index (χ0n) is 9.93. The van der Waals surface area contributed by atoms with Gasteiger partial charge in [-0.2, -0.15) is 0 Å². The largest absolute Gasteiger partial charge is 0.507 e. The minimum absolute atomic E-state index is 0.132. The quantitative estimate of drug-likeness (QED) is 0.760. The molecule has 0 spiro atoms. The summed E-state index contributed by atoms with van der Waals surface area (Å²) < 4.78 is 0. The van der Waals surface area contributed by atoms with Crippen molar-refractivity contribution in [3.63, 3.8) is 0 Å². The summed E-state index contributed by atoms with van der Waals surface area (Å²) in [6, 6.07) is 11.4. The number of rotatable bonds is 3. The van der Waals surface area contributed by atoms with Crippen molar-refractivity contribution >= 4 is 27.5 Å². The Morgan fingerprint density at radius 1 is 1.05 bits per heavy atom. The molecular formula is C14H12BrNO3. The zero-order chi connectivity index (χ0) is 13.8. The maximum Gasteiger partial charge on any atom is 0.263 e. The Kier molecular flexibility index (Phi) is 4.06. The number of phenolic OH excluding ortho intramolecular Hbond substituents is 2. The van der Waals surface area contributed by atoms with Gasteiger partial charge in [0.15, 0.2) is 0 Å². The number of hydrogen-bond acceptors (Lipinski definition) is 3. The molecule has 0 saturated carbocycles. The second kappa shape index (κ2) is 5.75. The van der Waals surface area contributed by atoms with Gasteiger partial charge < -0.3 is 15.5 Å². The Balaban J connectivity index is 2.21. The normalized spacial score (nSPS) is 10.2. The summed E-state index contributed by atoms with van der Waals surface area (Å²) in [5, 5.41) is 22.5. The van der Waals surface area contributed by atoms with Gasteiger partial charge in [0.25, 0.3) is 5.91 Å². The molecule has 0 radical (unpaired) electrons. The van der Waals surface area contributed by atoms with Gasteiger partial charge in [-0.05, 0) is 29.8 Å². The molecule has 98 valence electrons. The van der Waals surface area contributed by atoms with E-state index in [0.717, 1.165) is 10.9 Å². The molecule has 5 heteroatoms. The van der Waals surface area contributed by atoms with Crippen molar-refractivity contribution in [2.24, 2.45) is 0 Å². The van der Waals surface area contributed by atoms with Gasteiger partial charge in [0.05, 0.1) is 0 Å². The lowest BCUT2D eigenvalue weighted by Crippen LogP contribution is -2.12. The van der Waals surface area contributed by atoms with E-state index in [2.05, 4.69) is 21.2 Å². The van der Waals surface area contributed by atoms with E-state index < -0.39 is 5.91 Å². The minimum atomic E-state index is -0.554. The van der Waals surface area contributed by atoms with Gasteiger partial charge in [-0.15, -0.1) is 0 Å². The molecule has 0 saturated heterocycles. The topological polar surface area (TPSA) is 69.6 Å². The van der Waals surface area contributed by atoms with Gasteiger partial charge >= 0.3 is 0 Å². The van der Waals surface area contributed by atoms with E-state index >= 15 is 0 Å². The molecule has 2 aromatic rings. The van der Waals surface area contributed by atoms with E-state index in [1.807, 2.05) is 12.1 Å². The van der Waals surface area contributed by atoms with Gasteiger partial charge in [0.1, 0.15) is 17.1 Å². The molecule has 0 atom stereocenters. The minimum Gasteiger partial charge on any atom is -0.507 e. The summed E-state index contributed by atoms with van der Waals surface area (Å²) in [4.78, 5) is 12.0. The number of amides is 1. The number of halogens is 1. The number of hydrogen-bond donors (Lipinski definition) is 3. The molecule has 19 heavy (non-hydrogen) atoms. The van der Waals surface area contributed by atoms with Gasteiger partial charge in [0, 0.05) is 11.0 Å². The van der Waals surface area contributed by atoms with Crippen LogP contribution in [0.5, 0.6) is 11.5 Å². The van der Waals surface area contributed by atoms with Crippen LogP contribution in [0.2, 0.25) is 0 Å². The molecular weight excluding hydrogens is 310 g/mol. The number of aromatic hydroxyl groups is 2. The molecule has 0 aliphatic rings. The van der Waals surface area contributed by atoms with E-state index in [4.69, 9.17) is 0 Å². The maximum absolute atomic E-state index is 12.0. The fourth-order valence-electron chi connectivity index (χ4n) is 1.63. The number of anilines is 1. The van der Waals surface area contributed by atoms with E-state index in [0.29, 0.717) is 5.69 Å². The van der Waals surface area contributed by atoms with E-state index in [9.17, 15) is 15.0 Å². The molecule has 4 nitrogen and oxygen atoms in total. The molecule has 2 rings (SSSR count). The molecule has 1 amide bonds. The van der Waals surface area contributed by atoms with Crippen LogP contribution in [0.3, 0.4) is 0 Å². The Hall–Kier alpha value is -2.01. The number of carbonyl (C=O) groups is 1. The molecule has 2 aromatic carbocycles. The first kappa shape index (κ1) is 13.4. The summed E-state index contributed by atoms with van der Waals surface area (Å²) in [7, 11) is 0. The Morgan fingerprint density at radius 2 is 1.63 bits per heavy atom. The highest BCUT2D eigenvalue weighted by molar-refractivity contribution is 9.08. The number of phenols is 2. The standard InChI is InChI=1S/C14H12BrNO3/c15-8-9-4-6-10(7-5-9)16-14(19)13-11(17)2-1-3-12(13)18/h1-7,17-18H,8H2,(H,16,19). The third-order valence-corrected chi connectivity index (χ3v) is 3.26. The summed E-state index contributed by atoms with van der Waals surface area (Å²) in [6.07, 6.45) is 0. The van der Waals surface area contributed by atoms with Gasteiger partial charge in [-0.1, -0.05) is 34.1 Å². The molecule has 3 N–H and O–H groups in total. The van der Waals surface area contributed by atoms with Crippen molar-refractivity contribution in [2.75, 3.05) is 5.32 Å². The number of benzene rings is 2. The molecule has 0 fully saturated rings. The molecule has 0 aliphatic heterocycles. The third kappa shape index (κ3) is 3.06. The second-order valence-corrected chi connectivity index (χ2v) is 4.52. The molecule has 0 aliphatic carbocycles. The lowest BCUT2D eigenvalue weighted by Gasteiger charge is -2.08. The molecule has 0 unspecified atom stereocenters. The number of carbonyl (C=O) groups excluding carboxylic acids is 1. The number of nitrogens with one attached hydrogen (secondary N) is 1. The highest BCUT2D eigenvalue weighted by Crippen LogP contribution is 2.27. The Bertz CT molecular complexity index is 576. The van der Waals surface area contributed by atoms with Gasteiger partial charge in [0.2, 0.25) is 0 Å². The van der Waals surface area contributed by atoms with Crippen LogP contribution in [0.15, 0.2) is 42.5 Å². The first-order valence-corrected chi connectivity index (χ1v) is 6.71. The van der Waals surface area contributed by atoms with E-state index in [-0.39, 0.29) is 17.1 Å². The monoisotopic (exact) mass is 321 g/mol. The van der Waals surface area contributed by atoms with E-state index in [1.165, 1.54) is 18.2 Å². The van der Waals surface area contributed by atoms with Crippen molar-refractivity contribution in [2.45, 2.75) is 5.33 Å². The van der Waals surface area contributed by atoms with Crippen LogP contribution in [-0.2, 0) is 5.33 Å². The van der Waals surface area contributed by atoms with Crippen LogP contribution < -0.4 is 5.32 Å².